The summed E-state index contributed by atoms with van der Waals surface area (Å²) in [6.07, 6.45) is 0. The van der Waals surface area contributed by atoms with E-state index in [1.54, 1.807) is 0 Å². The van der Waals surface area contributed by atoms with Gasteiger partial charge in [-0.15, -0.1) is 0 Å². The molecule has 1 spiro atoms. The fraction of sp³-hybridized carbons (Fsp3) is 0.0159. The van der Waals surface area contributed by atoms with Crippen molar-refractivity contribution in [1.29, 1.82) is 0 Å². The Balaban J connectivity index is 0.924. The molecule has 0 heterocycles. The summed E-state index contributed by atoms with van der Waals surface area (Å²) in [6, 6.07) is 86.7. The highest BCUT2D eigenvalue weighted by molar-refractivity contribution is 6.22. The van der Waals surface area contributed by atoms with E-state index < -0.39 is 5.41 Å². The van der Waals surface area contributed by atoms with Crippen LogP contribution < -0.4 is 0 Å². The minimum absolute atomic E-state index is 0.400. The van der Waals surface area contributed by atoms with Crippen LogP contribution >= 0.6 is 0 Å². The van der Waals surface area contributed by atoms with Gasteiger partial charge in [-0.25, -0.2) is 0 Å². The van der Waals surface area contributed by atoms with Crippen LogP contribution in [0.2, 0.25) is 0 Å². The van der Waals surface area contributed by atoms with Crippen molar-refractivity contribution in [3.05, 3.63) is 253 Å². The van der Waals surface area contributed by atoms with Gasteiger partial charge < -0.3 is 0 Å². The predicted octanol–water partition coefficient (Wildman–Crippen LogP) is 16.8. The number of benzene rings is 12. The second kappa shape index (κ2) is 13.0. The molecule has 0 atom stereocenters. The number of hydrogen-bond donors (Lipinski definition) is 0. The van der Waals surface area contributed by atoms with Gasteiger partial charge in [-0.3, -0.25) is 0 Å². The van der Waals surface area contributed by atoms with Crippen LogP contribution in [0.25, 0.3) is 109 Å². The third-order valence-electron chi connectivity index (χ3n) is 14.4. The first kappa shape index (κ1) is 34.6. The summed E-state index contributed by atoms with van der Waals surface area (Å²) in [5.74, 6) is 0. The maximum absolute atomic E-state index is 2.52. The Labute approximate surface area is 366 Å². The van der Waals surface area contributed by atoms with Crippen LogP contribution in [0, 0.1) is 0 Å². The minimum atomic E-state index is -0.400. The zero-order valence-corrected chi connectivity index (χ0v) is 34.4. The lowest BCUT2D eigenvalue weighted by atomic mass is 9.70. The molecule has 14 rings (SSSR count). The van der Waals surface area contributed by atoms with E-state index in [1.165, 1.54) is 132 Å². The molecule has 63 heavy (non-hydrogen) atoms. The van der Waals surface area contributed by atoms with Crippen molar-refractivity contribution in [2.45, 2.75) is 5.41 Å². The molecule has 12 aromatic carbocycles. The maximum Gasteiger partial charge on any atom is 0.0725 e. The van der Waals surface area contributed by atoms with E-state index in [-0.39, 0.29) is 0 Å². The first-order chi connectivity index (χ1) is 31.2. The molecule has 0 saturated carbocycles. The highest BCUT2D eigenvalue weighted by Gasteiger charge is 2.51. The van der Waals surface area contributed by atoms with Crippen molar-refractivity contribution in [3.8, 4) is 55.6 Å². The summed E-state index contributed by atoms with van der Waals surface area (Å²) in [4.78, 5) is 0. The molecule has 0 saturated heterocycles. The minimum Gasteiger partial charge on any atom is -0.0619 e. The van der Waals surface area contributed by atoms with Gasteiger partial charge in [-0.2, -0.15) is 0 Å². The van der Waals surface area contributed by atoms with Crippen molar-refractivity contribution >= 4 is 53.9 Å². The highest BCUT2D eigenvalue weighted by atomic mass is 14.5. The molecule has 0 heteroatoms. The molecule has 0 aliphatic heterocycles. The van der Waals surface area contributed by atoms with Gasteiger partial charge in [0.2, 0.25) is 0 Å². The van der Waals surface area contributed by atoms with E-state index in [1.807, 2.05) is 0 Å². The van der Waals surface area contributed by atoms with E-state index >= 15 is 0 Å². The SMILES string of the molecule is c1ccc2c(c1)-c1ccccc1C21c2cc3ccccc3cc2-c2cc3ccc(-c4ccc(-c5c6ccccc6c(-c6ccc7ccccc7c6)c6ccccc56)cc4)cc3cc21. The summed E-state index contributed by atoms with van der Waals surface area (Å²) >= 11 is 0. The highest BCUT2D eigenvalue weighted by Crippen LogP contribution is 2.63. The van der Waals surface area contributed by atoms with E-state index in [0.717, 1.165) is 0 Å². The normalized spacial score (nSPS) is 13.2. The molecule has 0 N–H and O–H groups in total. The Bertz CT molecular complexity index is 3800. The molecule has 0 nitrogen and oxygen atoms in total. The maximum atomic E-state index is 2.52. The summed E-state index contributed by atoms with van der Waals surface area (Å²) in [7, 11) is 0. The Morgan fingerprint density at radius 1 is 0.206 bits per heavy atom. The molecule has 2 aliphatic rings. The van der Waals surface area contributed by atoms with Crippen molar-refractivity contribution in [2.24, 2.45) is 0 Å². The zero-order valence-electron chi connectivity index (χ0n) is 34.4. The van der Waals surface area contributed by atoms with Gasteiger partial charge in [0.1, 0.15) is 0 Å². The van der Waals surface area contributed by atoms with E-state index in [0.29, 0.717) is 0 Å². The van der Waals surface area contributed by atoms with Crippen LogP contribution in [-0.2, 0) is 5.41 Å². The molecule has 0 radical (unpaired) electrons. The van der Waals surface area contributed by atoms with Crippen LogP contribution in [-0.4, -0.2) is 0 Å². The van der Waals surface area contributed by atoms with Gasteiger partial charge in [0.25, 0.3) is 0 Å². The van der Waals surface area contributed by atoms with Crippen molar-refractivity contribution < 1.29 is 0 Å². The van der Waals surface area contributed by atoms with E-state index in [4.69, 9.17) is 0 Å². The van der Waals surface area contributed by atoms with Gasteiger partial charge in [0.15, 0.2) is 0 Å². The second-order valence-corrected chi connectivity index (χ2v) is 17.5. The molecular formula is C63H38. The standard InChI is InChI=1S/C63H38/c1-2-14-42-33-47(32-27-39(42)13-1)62-53-21-7-5-19-51(53)61(52-20-6-8-22-54(52)62)41-28-25-40(26-29-41)45-30-31-46-36-56-55-35-43-15-3-4-16-44(43)37-59(55)63(60(56)38-48(46)34-45)57-23-11-9-17-49(57)50-18-10-12-24-58(50)63/h1-38H. The molecule has 0 unspecified atom stereocenters. The fourth-order valence-corrected chi connectivity index (χ4v) is 11.7. The largest absolute Gasteiger partial charge is 0.0725 e. The second-order valence-electron chi connectivity index (χ2n) is 17.5. The third-order valence-corrected chi connectivity index (χ3v) is 14.4. The van der Waals surface area contributed by atoms with E-state index in [2.05, 4.69) is 231 Å². The van der Waals surface area contributed by atoms with Crippen molar-refractivity contribution in [3.63, 3.8) is 0 Å². The summed E-state index contributed by atoms with van der Waals surface area (Å²) in [5, 5.41) is 12.7. The molecule has 0 fully saturated rings. The number of hydrogen-bond acceptors (Lipinski definition) is 0. The van der Waals surface area contributed by atoms with Crippen LogP contribution in [0.15, 0.2) is 231 Å². The lowest BCUT2D eigenvalue weighted by molar-refractivity contribution is 0.796. The van der Waals surface area contributed by atoms with Gasteiger partial charge in [-0.05, 0) is 168 Å². The summed E-state index contributed by atoms with van der Waals surface area (Å²) in [6.45, 7) is 0. The lowest BCUT2D eigenvalue weighted by Crippen LogP contribution is -2.25. The van der Waals surface area contributed by atoms with Gasteiger partial charge in [0, 0.05) is 0 Å². The van der Waals surface area contributed by atoms with Gasteiger partial charge in [-0.1, -0.05) is 194 Å². The molecule has 290 valence electrons. The number of rotatable bonds is 3. The molecule has 0 bridgehead atoms. The lowest BCUT2D eigenvalue weighted by Gasteiger charge is -2.30. The number of fused-ring (bicyclic) bond motifs is 15. The smallest absolute Gasteiger partial charge is 0.0619 e. The fourth-order valence-electron chi connectivity index (χ4n) is 11.7. The van der Waals surface area contributed by atoms with Crippen LogP contribution in [0.5, 0.6) is 0 Å². The summed E-state index contributed by atoms with van der Waals surface area (Å²) in [5.41, 5.74) is 17.9. The molecular weight excluding hydrogens is 757 g/mol. The average molecular weight is 795 g/mol. The Morgan fingerprint density at radius 3 is 1.19 bits per heavy atom. The zero-order chi connectivity index (χ0) is 41.2. The molecule has 0 aromatic heterocycles. The van der Waals surface area contributed by atoms with Crippen molar-refractivity contribution in [2.75, 3.05) is 0 Å². The summed E-state index contributed by atoms with van der Waals surface area (Å²) < 4.78 is 0. The molecule has 12 aromatic rings. The van der Waals surface area contributed by atoms with Crippen LogP contribution in [0.3, 0.4) is 0 Å². The topological polar surface area (TPSA) is 0 Å². The predicted molar refractivity (Wildman–Crippen MR) is 267 cm³/mol. The molecule has 0 amide bonds. The quantitative estimate of drug-likeness (QED) is 0.156. The van der Waals surface area contributed by atoms with Crippen molar-refractivity contribution in [1.82, 2.24) is 0 Å². The van der Waals surface area contributed by atoms with Gasteiger partial charge in [0.05, 0.1) is 5.41 Å². The first-order valence-electron chi connectivity index (χ1n) is 22.1. The Morgan fingerprint density at radius 2 is 0.587 bits per heavy atom. The Hall–Kier alpha value is -8.06. The first-order valence-corrected chi connectivity index (χ1v) is 22.1. The average Bonchev–Trinajstić information content (AvgIpc) is 3.80. The molecule has 2 aliphatic carbocycles. The van der Waals surface area contributed by atoms with Gasteiger partial charge >= 0.3 is 0 Å². The third kappa shape index (κ3) is 4.81. The Kier molecular flexibility index (Phi) is 7.13. The van der Waals surface area contributed by atoms with Crippen LogP contribution in [0.4, 0.5) is 0 Å². The van der Waals surface area contributed by atoms with E-state index in [9.17, 15) is 0 Å². The van der Waals surface area contributed by atoms with Crippen LogP contribution in [0.1, 0.15) is 22.3 Å². The monoisotopic (exact) mass is 794 g/mol.